The van der Waals surface area contributed by atoms with Crippen LogP contribution in [0, 0.1) is 0 Å². The molecular weight excluding hydrogens is 257 g/mol. The molecule has 0 atom stereocenters. The summed E-state index contributed by atoms with van der Waals surface area (Å²) < 4.78 is 42.3. The van der Waals surface area contributed by atoms with E-state index in [1.807, 2.05) is 6.07 Å². The lowest BCUT2D eigenvalue weighted by atomic mass is 10.3. The highest BCUT2D eigenvalue weighted by atomic mass is 19.4. The van der Waals surface area contributed by atoms with E-state index in [1.54, 1.807) is 13.2 Å². The van der Waals surface area contributed by atoms with Crippen LogP contribution in [0.1, 0.15) is 31.1 Å². The first kappa shape index (κ1) is 14.4. The first-order chi connectivity index (χ1) is 8.96. The van der Waals surface area contributed by atoms with Crippen LogP contribution in [-0.4, -0.2) is 30.2 Å². The number of halogens is 3. The van der Waals surface area contributed by atoms with Crippen LogP contribution in [0.25, 0.3) is 0 Å². The van der Waals surface area contributed by atoms with E-state index in [2.05, 4.69) is 5.32 Å². The van der Waals surface area contributed by atoms with Gasteiger partial charge in [0.25, 0.3) is 0 Å². The van der Waals surface area contributed by atoms with Crippen LogP contribution in [0.2, 0.25) is 0 Å². The molecule has 0 unspecified atom stereocenters. The molecule has 2 rings (SSSR count). The first-order valence-corrected chi connectivity index (χ1v) is 6.55. The van der Waals surface area contributed by atoms with Gasteiger partial charge in [0, 0.05) is 18.2 Å². The summed E-state index contributed by atoms with van der Waals surface area (Å²) in [5.41, 5.74) is 0.991. The molecule has 1 saturated carbocycles. The average molecular weight is 276 g/mol. The molecule has 108 valence electrons. The predicted octanol–water partition coefficient (Wildman–Crippen LogP) is 2.92. The van der Waals surface area contributed by atoms with Crippen LogP contribution in [-0.2, 0) is 13.1 Å². The molecule has 1 N–H and O–H groups in total. The lowest BCUT2D eigenvalue weighted by Crippen LogP contribution is -2.33. The fourth-order valence-electron chi connectivity index (χ4n) is 1.90. The van der Waals surface area contributed by atoms with Crippen LogP contribution >= 0.6 is 0 Å². The molecule has 0 spiro atoms. The number of alkyl halides is 3. The summed E-state index contributed by atoms with van der Waals surface area (Å²) in [5.74, 6) is 0.582. The molecule has 19 heavy (non-hydrogen) atoms. The van der Waals surface area contributed by atoms with Gasteiger partial charge < -0.3 is 9.73 Å². The summed E-state index contributed by atoms with van der Waals surface area (Å²) in [6, 6.07) is 2.43. The van der Waals surface area contributed by atoms with E-state index in [-0.39, 0.29) is 6.54 Å². The van der Waals surface area contributed by atoms with E-state index in [4.69, 9.17) is 4.42 Å². The molecule has 1 aromatic heterocycles. The normalized spacial score (nSPS) is 16.3. The highest BCUT2D eigenvalue weighted by Crippen LogP contribution is 2.21. The van der Waals surface area contributed by atoms with E-state index < -0.39 is 12.7 Å². The topological polar surface area (TPSA) is 28.4 Å². The molecule has 1 aromatic rings. The van der Waals surface area contributed by atoms with Gasteiger partial charge in [-0.3, -0.25) is 4.90 Å². The van der Waals surface area contributed by atoms with Crippen molar-refractivity contribution in [3.05, 3.63) is 23.7 Å². The van der Waals surface area contributed by atoms with Crippen molar-refractivity contribution in [3.8, 4) is 0 Å². The van der Waals surface area contributed by atoms with Crippen LogP contribution in [0.4, 0.5) is 13.2 Å². The van der Waals surface area contributed by atoms with Crippen LogP contribution in [0.3, 0.4) is 0 Å². The number of rotatable bonds is 7. The predicted molar refractivity (Wildman–Crippen MR) is 65.6 cm³/mol. The minimum atomic E-state index is -4.17. The number of hydrogen-bond acceptors (Lipinski definition) is 3. The Morgan fingerprint density at radius 1 is 1.42 bits per heavy atom. The molecule has 1 aliphatic rings. The number of nitrogens with zero attached hydrogens (tertiary/aromatic N) is 1. The van der Waals surface area contributed by atoms with Crippen LogP contribution in [0.15, 0.2) is 16.7 Å². The Labute approximate surface area is 110 Å². The smallest absolute Gasteiger partial charge is 0.401 e. The third kappa shape index (κ3) is 5.24. The second kappa shape index (κ2) is 5.96. The second-order valence-corrected chi connectivity index (χ2v) is 4.99. The zero-order valence-electron chi connectivity index (χ0n) is 11.0. The average Bonchev–Trinajstić information content (AvgIpc) is 3.05. The van der Waals surface area contributed by atoms with E-state index in [9.17, 15) is 13.2 Å². The Hall–Kier alpha value is -1.01. The Morgan fingerprint density at radius 3 is 2.74 bits per heavy atom. The summed E-state index contributed by atoms with van der Waals surface area (Å²) in [4.78, 5) is 1.32. The molecule has 0 amide bonds. The molecule has 3 nitrogen and oxygen atoms in total. The standard InChI is InChI=1S/C13H19F3N2O/c1-2-18(9-13(14,15)16)7-12-5-10(8-19-12)6-17-11-3-4-11/h5,8,11,17H,2-4,6-7,9H2,1H3. The number of hydrogen-bond donors (Lipinski definition) is 1. The fourth-order valence-corrected chi connectivity index (χ4v) is 1.90. The van der Waals surface area contributed by atoms with Crippen molar-refractivity contribution in [1.82, 2.24) is 10.2 Å². The maximum Gasteiger partial charge on any atom is 0.401 e. The van der Waals surface area contributed by atoms with E-state index in [1.165, 1.54) is 17.7 Å². The zero-order valence-corrected chi connectivity index (χ0v) is 11.0. The molecule has 6 heteroatoms. The van der Waals surface area contributed by atoms with Crippen molar-refractivity contribution in [2.45, 2.75) is 45.1 Å². The Balaban J connectivity index is 1.82. The van der Waals surface area contributed by atoms with Gasteiger partial charge in [0.2, 0.25) is 0 Å². The molecule has 0 aliphatic heterocycles. The molecule has 1 fully saturated rings. The van der Waals surface area contributed by atoms with Gasteiger partial charge in [-0.1, -0.05) is 6.92 Å². The molecule has 1 aliphatic carbocycles. The summed E-state index contributed by atoms with van der Waals surface area (Å²) in [6.07, 6.45) is -0.134. The monoisotopic (exact) mass is 276 g/mol. The highest BCUT2D eigenvalue weighted by molar-refractivity contribution is 5.13. The number of nitrogens with one attached hydrogen (secondary N) is 1. The molecule has 1 heterocycles. The fraction of sp³-hybridized carbons (Fsp3) is 0.692. The van der Waals surface area contributed by atoms with E-state index in [0.29, 0.717) is 18.3 Å². The molecule has 0 saturated heterocycles. The van der Waals surface area contributed by atoms with Crippen LogP contribution < -0.4 is 5.32 Å². The third-order valence-corrected chi connectivity index (χ3v) is 3.11. The van der Waals surface area contributed by atoms with Crippen molar-refractivity contribution < 1.29 is 17.6 Å². The Bertz CT molecular complexity index is 399. The van der Waals surface area contributed by atoms with Crippen molar-refractivity contribution >= 4 is 0 Å². The first-order valence-electron chi connectivity index (χ1n) is 6.55. The molecule has 0 radical (unpaired) electrons. The van der Waals surface area contributed by atoms with Gasteiger partial charge >= 0.3 is 6.18 Å². The van der Waals surface area contributed by atoms with Gasteiger partial charge in [0.1, 0.15) is 5.76 Å². The van der Waals surface area contributed by atoms with Crippen molar-refractivity contribution in [1.29, 1.82) is 0 Å². The molecule has 0 aromatic carbocycles. The lowest BCUT2D eigenvalue weighted by molar-refractivity contribution is -0.147. The highest BCUT2D eigenvalue weighted by Gasteiger charge is 2.30. The van der Waals surface area contributed by atoms with E-state index >= 15 is 0 Å². The van der Waals surface area contributed by atoms with E-state index in [0.717, 1.165) is 12.1 Å². The van der Waals surface area contributed by atoms with Gasteiger partial charge in [-0.25, -0.2) is 0 Å². The minimum Gasteiger partial charge on any atom is -0.468 e. The maximum absolute atomic E-state index is 12.3. The van der Waals surface area contributed by atoms with Gasteiger partial charge in [0.05, 0.1) is 19.4 Å². The minimum absolute atomic E-state index is 0.194. The zero-order chi connectivity index (χ0) is 13.9. The second-order valence-electron chi connectivity index (χ2n) is 4.99. The summed E-state index contributed by atoms with van der Waals surface area (Å²) in [6.45, 7) is 2.07. The van der Waals surface area contributed by atoms with Crippen molar-refractivity contribution in [2.75, 3.05) is 13.1 Å². The van der Waals surface area contributed by atoms with Gasteiger partial charge in [-0.05, 0) is 25.5 Å². The molecular formula is C13H19F3N2O. The summed E-state index contributed by atoms with van der Waals surface area (Å²) >= 11 is 0. The Kier molecular flexibility index (Phi) is 4.52. The Morgan fingerprint density at radius 2 is 2.16 bits per heavy atom. The number of furan rings is 1. The third-order valence-electron chi connectivity index (χ3n) is 3.11. The van der Waals surface area contributed by atoms with Crippen molar-refractivity contribution in [3.63, 3.8) is 0 Å². The van der Waals surface area contributed by atoms with Gasteiger partial charge in [-0.2, -0.15) is 13.2 Å². The van der Waals surface area contributed by atoms with Gasteiger partial charge in [0.15, 0.2) is 0 Å². The lowest BCUT2D eigenvalue weighted by Gasteiger charge is -2.20. The SMILES string of the molecule is CCN(Cc1cc(CNC2CC2)co1)CC(F)(F)F. The summed E-state index contributed by atoms with van der Waals surface area (Å²) in [7, 11) is 0. The maximum atomic E-state index is 12.3. The molecule has 0 bridgehead atoms. The summed E-state index contributed by atoms with van der Waals surface area (Å²) in [5, 5.41) is 3.34. The largest absolute Gasteiger partial charge is 0.468 e. The van der Waals surface area contributed by atoms with Crippen molar-refractivity contribution in [2.24, 2.45) is 0 Å². The quantitative estimate of drug-likeness (QED) is 0.830. The van der Waals surface area contributed by atoms with Gasteiger partial charge in [-0.15, -0.1) is 0 Å². The van der Waals surface area contributed by atoms with Crippen LogP contribution in [0.5, 0.6) is 0 Å².